The highest BCUT2D eigenvalue weighted by Gasteiger charge is 2.27. The molecule has 0 aromatic heterocycles. The van der Waals surface area contributed by atoms with Crippen molar-refractivity contribution in [2.45, 2.75) is 64.9 Å². The van der Waals surface area contributed by atoms with Gasteiger partial charge in [-0.05, 0) is 66.5 Å². The molecule has 174 valence electrons. The molecule has 3 aromatic rings. The average Bonchev–Trinajstić information content (AvgIpc) is 3.25. The SMILES string of the molecule is CCCc1ccc(-c2ccc(-c3ccc(OC4CCC(CCC)C4)c(F)c3F)c(F)c2)cc1. The van der Waals surface area contributed by atoms with Gasteiger partial charge in [0.05, 0.1) is 6.10 Å². The second kappa shape index (κ2) is 10.5. The summed E-state index contributed by atoms with van der Waals surface area (Å²) in [6.45, 7) is 4.27. The summed E-state index contributed by atoms with van der Waals surface area (Å²) in [6.07, 6.45) is 6.99. The van der Waals surface area contributed by atoms with Gasteiger partial charge in [-0.25, -0.2) is 8.78 Å². The Hall–Kier alpha value is -2.75. The van der Waals surface area contributed by atoms with Crippen LogP contribution in [0.3, 0.4) is 0 Å². The van der Waals surface area contributed by atoms with Gasteiger partial charge in [-0.3, -0.25) is 0 Å². The van der Waals surface area contributed by atoms with Crippen molar-refractivity contribution in [2.75, 3.05) is 0 Å². The molecule has 4 heteroatoms. The monoisotopic (exact) mass is 452 g/mol. The van der Waals surface area contributed by atoms with Crippen LogP contribution in [-0.4, -0.2) is 6.10 Å². The van der Waals surface area contributed by atoms with E-state index in [0.29, 0.717) is 11.5 Å². The van der Waals surface area contributed by atoms with E-state index in [1.54, 1.807) is 6.07 Å². The maximum absolute atomic E-state index is 15.0. The van der Waals surface area contributed by atoms with Gasteiger partial charge in [-0.2, -0.15) is 4.39 Å². The molecule has 1 nitrogen and oxygen atoms in total. The summed E-state index contributed by atoms with van der Waals surface area (Å²) in [5.41, 5.74) is 2.75. The molecule has 1 aliphatic carbocycles. The van der Waals surface area contributed by atoms with E-state index in [1.165, 1.54) is 29.8 Å². The van der Waals surface area contributed by atoms with E-state index in [4.69, 9.17) is 4.74 Å². The third-order valence-electron chi connectivity index (χ3n) is 6.62. The number of hydrogen-bond acceptors (Lipinski definition) is 1. The molecule has 0 saturated heterocycles. The van der Waals surface area contributed by atoms with E-state index >= 15 is 0 Å². The van der Waals surface area contributed by atoms with Crippen LogP contribution >= 0.6 is 0 Å². The molecule has 0 N–H and O–H groups in total. The van der Waals surface area contributed by atoms with Gasteiger partial charge in [-0.15, -0.1) is 0 Å². The molecule has 4 rings (SSSR count). The molecule has 0 radical (unpaired) electrons. The lowest BCUT2D eigenvalue weighted by molar-refractivity contribution is 0.192. The minimum atomic E-state index is -1.08. The zero-order valence-electron chi connectivity index (χ0n) is 19.3. The maximum Gasteiger partial charge on any atom is 0.201 e. The number of aryl methyl sites for hydroxylation is 1. The highest BCUT2D eigenvalue weighted by atomic mass is 19.2. The Morgan fingerprint density at radius 2 is 1.52 bits per heavy atom. The molecule has 0 spiro atoms. The zero-order valence-corrected chi connectivity index (χ0v) is 19.3. The summed E-state index contributed by atoms with van der Waals surface area (Å²) in [7, 11) is 0. The molecule has 3 aromatic carbocycles. The maximum atomic E-state index is 15.0. The summed E-state index contributed by atoms with van der Waals surface area (Å²) < 4.78 is 50.5. The Morgan fingerprint density at radius 1 is 0.788 bits per heavy atom. The van der Waals surface area contributed by atoms with E-state index in [0.717, 1.165) is 50.5 Å². The van der Waals surface area contributed by atoms with Crippen LogP contribution in [0.4, 0.5) is 13.2 Å². The molecular formula is C29H31F3O. The third kappa shape index (κ3) is 5.26. The molecule has 0 aliphatic heterocycles. The topological polar surface area (TPSA) is 9.23 Å². The van der Waals surface area contributed by atoms with Gasteiger partial charge in [0, 0.05) is 11.1 Å². The van der Waals surface area contributed by atoms with Crippen LogP contribution in [-0.2, 0) is 6.42 Å². The third-order valence-corrected chi connectivity index (χ3v) is 6.62. The van der Waals surface area contributed by atoms with Gasteiger partial charge in [-0.1, -0.05) is 69.5 Å². The largest absolute Gasteiger partial charge is 0.487 e. The smallest absolute Gasteiger partial charge is 0.201 e. The number of ether oxygens (including phenoxy) is 1. The Morgan fingerprint density at radius 3 is 2.21 bits per heavy atom. The quantitative estimate of drug-likeness (QED) is 0.332. The van der Waals surface area contributed by atoms with Crippen molar-refractivity contribution >= 4 is 0 Å². The van der Waals surface area contributed by atoms with E-state index < -0.39 is 17.5 Å². The van der Waals surface area contributed by atoms with E-state index in [-0.39, 0.29) is 23.0 Å². The van der Waals surface area contributed by atoms with Crippen molar-refractivity contribution in [3.63, 3.8) is 0 Å². The van der Waals surface area contributed by atoms with Crippen LogP contribution in [0.2, 0.25) is 0 Å². The first kappa shape index (κ1) is 23.4. The van der Waals surface area contributed by atoms with Crippen LogP contribution in [0.15, 0.2) is 54.6 Å². The van der Waals surface area contributed by atoms with Gasteiger partial charge in [0.25, 0.3) is 0 Å². The number of benzene rings is 3. The fourth-order valence-electron chi connectivity index (χ4n) is 4.88. The van der Waals surface area contributed by atoms with Crippen LogP contribution in [0.5, 0.6) is 5.75 Å². The molecule has 2 unspecified atom stereocenters. The molecule has 33 heavy (non-hydrogen) atoms. The zero-order chi connectivity index (χ0) is 23.4. The Labute approximate surface area is 194 Å². The Bertz CT molecular complexity index is 1090. The van der Waals surface area contributed by atoms with Gasteiger partial charge in [0.2, 0.25) is 5.82 Å². The van der Waals surface area contributed by atoms with Crippen molar-refractivity contribution in [1.82, 2.24) is 0 Å². The average molecular weight is 453 g/mol. The minimum absolute atomic E-state index is 0.0354. The lowest BCUT2D eigenvalue weighted by Crippen LogP contribution is -2.13. The van der Waals surface area contributed by atoms with Crippen LogP contribution < -0.4 is 4.74 Å². The van der Waals surface area contributed by atoms with E-state index in [2.05, 4.69) is 13.8 Å². The molecule has 1 fully saturated rings. The summed E-state index contributed by atoms with van der Waals surface area (Å²) in [5, 5.41) is 0. The molecular weight excluding hydrogens is 421 g/mol. The summed E-state index contributed by atoms with van der Waals surface area (Å²) in [5.74, 6) is -2.23. The predicted octanol–water partition coefficient (Wildman–Crippen LogP) is 8.74. The first-order chi connectivity index (χ1) is 16.0. The number of hydrogen-bond donors (Lipinski definition) is 0. The van der Waals surface area contributed by atoms with E-state index in [1.807, 2.05) is 24.3 Å². The van der Waals surface area contributed by atoms with Gasteiger partial charge in [0.1, 0.15) is 5.82 Å². The first-order valence-corrected chi connectivity index (χ1v) is 12.0. The number of rotatable bonds is 8. The fraction of sp³-hybridized carbons (Fsp3) is 0.379. The van der Waals surface area contributed by atoms with Crippen LogP contribution in [0, 0.1) is 23.4 Å². The minimum Gasteiger partial charge on any atom is -0.487 e. The van der Waals surface area contributed by atoms with Gasteiger partial charge >= 0.3 is 0 Å². The highest BCUT2D eigenvalue weighted by Crippen LogP contribution is 2.36. The summed E-state index contributed by atoms with van der Waals surface area (Å²) in [4.78, 5) is 0. The summed E-state index contributed by atoms with van der Waals surface area (Å²) in [6, 6.07) is 15.4. The van der Waals surface area contributed by atoms with Crippen molar-refractivity contribution in [1.29, 1.82) is 0 Å². The lowest BCUT2D eigenvalue weighted by atomic mass is 9.98. The molecule has 1 aliphatic rings. The molecule has 0 heterocycles. The Balaban J connectivity index is 1.53. The second-order valence-corrected chi connectivity index (χ2v) is 9.09. The normalized spacial score (nSPS) is 18.0. The molecule has 0 amide bonds. The fourth-order valence-corrected chi connectivity index (χ4v) is 4.88. The van der Waals surface area contributed by atoms with Gasteiger partial charge < -0.3 is 4.74 Å². The van der Waals surface area contributed by atoms with Gasteiger partial charge in [0.15, 0.2) is 11.6 Å². The first-order valence-electron chi connectivity index (χ1n) is 12.0. The Kier molecular flexibility index (Phi) is 7.42. The predicted molar refractivity (Wildman–Crippen MR) is 128 cm³/mol. The van der Waals surface area contributed by atoms with Crippen molar-refractivity contribution < 1.29 is 17.9 Å². The molecule has 1 saturated carbocycles. The molecule has 0 bridgehead atoms. The van der Waals surface area contributed by atoms with Crippen molar-refractivity contribution in [2.24, 2.45) is 5.92 Å². The standard InChI is InChI=1S/C29H31F3O/c1-3-5-19-7-10-21(11-8-19)22-12-14-24(26(30)18-22)25-15-16-27(29(32)28(25)31)33-23-13-9-20(17-23)6-4-2/h7-8,10-12,14-16,18,20,23H,3-6,9,13,17H2,1-2H3. The van der Waals surface area contributed by atoms with Crippen molar-refractivity contribution in [3.8, 4) is 28.0 Å². The van der Waals surface area contributed by atoms with E-state index in [9.17, 15) is 13.2 Å². The van der Waals surface area contributed by atoms with Crippen LogP contribution in [0.1, 0.15) is 57.9 Å². The lowest BCUT2D eigenvalue weighted by Gasteiger charge is -2.16. The number of halogens is 3. The second-order valence-electron chi connectivity index (χ2n) is 9.09. The van der Waals surface area contributed by atoms with Crippen LogP contribution in [0.25, 0.3) is 22.3 Å². The summed E-state index contributed by atoms with van der Waals surface area (Å²) >= 11 is 0. The van der Waals surface area contributed by atoms with Crippen molar-refractivity contribution in [3.05, 3.63) is 77.6 Å². The highest BCUT2D eigenvalue weighted by molar-refractivity contribution is 5.72. The molecule has 2 atom stereocenters.